The molecule has 5 heteroatoms. The zero-order valence-corrected chi connectivity index (χ0v) is 16.3. The van der Waals surface area contributed by atoms with Crippen molar-refractivity contribution in [1.82, 2.24) is 9.55 Å². The Labute approximate surface area is 159 Å². The van der Waals surface area contributed by atoms with Crippen LogP contribution in [0, 0.1) is 4.84 Å². The van der Waals surface area contributed by atoms with Gasteiger partial charge in [0.1, 0.15) is 5.75 Å². The molecular weight excluding hydrogens is 344 g/mol. The van der Waals surface area contributed by atoms with Crippen LogP contribution in [0.25, 0.3) is 12.7 Å². The van der Waals surface area contributed by atoms with E-state index < -0.39 is 0 Å². The Bertz CT molecular complexity index is 974. The highest BCUT2D eigenvalue weighted by atomic mass is 32.1. The van der Waals surface area contributed by atoms with E-state index in [0.29, 0.717) is 10.3 Å². The van der Waals surface area contributed by atoms with Crippen molar-refractivity contribution in [3.05, 3.63) is 75.5 Å². The summed E-state index contributed by atoms with van der Waals surface area (Å²) in [7, 11) is 1.65. The molecule has 0 unspecified atom stereocenters. The number of rotatable bonds is 5. The van der Waals surface area contributed by atoms with Crippen LogP contribution >= 0.6 is 12.2 Å². The predicted molar refractivity (Wildman–Crippen MR) is 108 cm³/mol. The van der Waals surface area contributed by atoms with Crippen molar-refractivity contribution in [2.24, 2.45) is 0 Å². The Morgan fingerprint density at radius 3 is 2.42 bits per heavy atom. The lowest BCUT2D eigenvalue weighted by Gasteiger charge is -2.01. The standard InChI is InChI=1S/C19H18N2O2S.C2H6/c1-14-18(13-16-3-5-17(22-2)6-4-16)23-19(24)21(14)12-9-15-7-10-20-11-8-15;1-2/h3-8,10-11,13H,1,9,12H2,2H3;1-2H3/b18-13+;. The number of aryl methyl sites for hydroxylation is 1. The summed E-state index contributed by atoms with van der Waals surface area (Å²) in [5, 5.41) is 0.782. The number of pyridine rings is 1. The Balaban J connectivity index is 0.00000117. The lowest BCUT2D eigenvalue weighted by molar-refractivity contribution is 0.415. The van der Waals surface area contributed by atoms with Crippen molar-refractivity contribution < 1.29 is 9.15 Å². The fourth-order valence-corrected chi connectivity index (χ4v) is 2.72. The first-order chi connectivity index (χ1) is 12.7. The van der Waals surface area contributed by atoms with E-state index in [9.17, 15) is 0 Å². The van der Waals surface area contributed by atoms with Crippen LogP contribution in [-0.2, 0) is 13.0 Å². The molecule has 26 heavy (non-hydrogen) atoms. The summed E-state index contributed by atoms with van der Waals surface area (Å²) in [6.45, 7) is 8.84. The molecule has 0 aliphatic rings. The number of nitrogens with zero attached hydrogens (tertiary/aromatic N) is 2. The molecule has 4 nitrogen and oxygen atoms in total. The molecule has 0 N–H and O–H groups in total. The van der Waals surface area contributed by atoms with E-state index in [1.165, 1.54) is 5.56 Å². The van der Waals surface area contributed by atoms with E-state index in [0.717, 1.165) is 29.6 Å². The number of hydrogen-bond donors (Lipinski definition) is 0. The minimum absolute atomic E-state index is 0.439. The molecule has 2 heterocycles. The van der Waals surface area contributed by atoms with Gasteiger partial charge in [-0.05, 0) is 60.1 Å². The van der Waals surface area contributed by atoms with Crippen molar-refractivity contribution in [3.8, 4) is 5.75 Å². The normalized spacial score (nSPS) is 11.0. The number of methoxy groups -OCH3 is 1. The average Bonchev–Trinajstić information content (AvgIpc) is 2.96. The fourth-order valence-electron chi connectivity index (χ4n) is 2.43. The van der Waals surface area contributed by atoms with E-state index in [-0.39, 0.29) is 0 Å². The Morgan fingerprint density at radius 1 is 1.15 bits per heavy atom. The lowest BCUT2D eigenvalue weighted by Crippen LogP contribution is -2.28. The second kappa shape index (κ2) is 9.73. The van der Waals surface area contributed by atoms with Gasteiger partial charge < -0.3 is 9.15 Å². The number of oxazole rings is 1. The zero-order valence-electron chi connectivity index (χ0n) is 15.4. The molecule has 0 saturated carbocycles. The average molecular weight is 369 g/mol. The van der Waals surface area contributed by atoms with E-state index in [1.807, 2.05) is 60.9 Å². The molecule has 0 spiro atoms. The molecule has 0 atom stereocenters. The van der Waals surface area contributed by atoms with Crippen LogP contribution in [0.5, 0.6) is 5.75 Å². The molecule has 1 aromatic carbocycles. The Kier molecular flexibility index (Phi) is 7.36. The van der Waals surface area contributed by atoms with Crippen molar-refractivity contribution in [2.75, 3.05) is 7.11 Å². The van der Waals surface area contributed by atoms with Crippen molar-refractivity contribution in [1.29, 1.82) is 0 Å². The van der Waals surface area contributed by atoms with Gasteiger partial charge in [0, 0.05) is 18.9 Å². The van der Waals surface area contributed by atoms with Gasteiger partial charge in [0.25, 0.3) is 4.84 Å². The molecule has 0 aliphatic heterocycles. The summed E-state index contributed by atoms with van der Waals surface area (Å²) < 4.78 is 12.8. The molecule has 0 aliphatic carbocycles. The number of hydrogen-bond acceptors (Lipinski definition) is 4. The Morgan fingerprint density at radius 2 is 1.81 bits per heavy atom. The van der Waals surface area contributed by atoms with Gasteiger partial charge in [0.2, 0.25) is 0 Å². The number of ether oxygens (including phenoxy) is 1. The number of benzene rings is 1. The minimum Gasteiger partial charge on any atom is -0.497 e. The van der Waals surface area contributed by atoms with E-state index in [2.05, 4.69) is 11.6 Å². The highest BCUT2D eigenvalue weighted by Crippen LogP contribution is 2.11. The largest absolute Gasteiger partial charge is 0.497 e. The summed E-state index contributed by atoms with van der Waals surface area (Å²) in [6.07, 6.45) is 6.36. The Hall–Kier alpha value is -2.66. The third kappa shape index (κ3) is 4.92. The van der Waals surface area contributed by atoms with E-state index >= 15 is 0 Å². The van der Waals surface area contributed by atoms with Crippen LogP contribution in [0.1, 0.15) is 25.0 Å². The molecular formula is C21H24N2O2S. The molecule has 0 saturated heterocycles. The number of aromatic nitrogens is 2. The van der Waals surface area contributed by atoms with Crippen LogP contribution in [0.3, 0.4) is 0 Å². The third-order valence-electron chi connectivity index (χ3n) is 3.81. The lowest BCUT2D eigenvalue weighted by atomic mass is 10.2. The van der Waals surface area contributed by atoms with Crippen LogP contribution < -0.4 is 15.5 Å². The van der Waals surface area contributed by atoms with Gasteiger partial charge in [-0.25, -0.2) is 0 Å². The summed E-state index contributed by atoms with van der Waals surface area (Å²) in [4.78, 5) is 4.47. The summed E-state index contributed by atoms with van der Waals surface area (Å²) in [6, 6.07) is 11.7. The molecule has 0 fully saturated rings. The molecule has 0 amide bonds. The van der Waals surface area contributed by atoms with Gasteiger partial charge in [0.15, 0.2) is 5.42 Å². The van der Waals surface area contributed by atoms with Gasteiger partial charge in [-0.15, -0.1) is 0 Å². The van der Waals surface area contributed by atoms with Gasteiger partial charge >= 0.3 is 0 Å². The maximum atomic E-state index is 5.71. The monoisotopic (exact) mass is 368 g/mol. The molecule has 3 rings (SSSR count). The second-order valence-corrected chi connectivity index (χ2v) is 5.70. The maximum absolute atomic E-state index is 5.71. The molecule has 0 radical (unpaired) electrons. The summed E-state index contributed by atoms with van der Waals surface area (Å²) >= 11 is 5.34. The third-order valence-corrected chi connectivity index (χ3v) is 4.12. The minimum atomic E-state index is 0.439. The van der Waals surface area contributed by atoms with Gasteiger partial charge in [-0.2, -0.15) is 0 Å². The van der Waals surface area contributed by atoms with Crippen LogP contribution in [0.2, 0.25) is 0 Å². The quantitative estimate of drug-likeness (QED) is 0.644. The first kappa shape index (κ1) is 19.7. The highest BCUT2D eigenvalue weighted by molar-refractivity contribution is 7.71. The zero-order chi connectivity index (χ0) is 18.9. The second-order valence-electron chi connectivity index (χ2n) is 5.35. The van der Waals surface area contributed by atoms with Crippen LogP contribution in [0.4, 0.5) is 0 Å². The highest BCUT2D eigenvalue weighted by Gasteiger charge is 2.02. The fraction of sp³-hybridized carbons (Fsp3) is 0.238. The molecule has 136 valence electrons. The molecule has 3 aromatic rings. The summed E-state index contributed by atoms with van der Waals surface area (Å²) in [5.74, 6) is 0.817. The molecule has 2 aromatic heterocycles. The van der Waals surface area contributed by atoms with Gasteiger partial charge in [-0.3, -0.25) is 9.55 Å². The summed E-state index contributed by atoms with van der Waals surface area (Å²) in [5.41, 5.74) is 2.89. The van der Waals surface area contributed by atoms with Gasteiger partial charge in [0.05, 0.1) is 12.5 Å². The van der Waals surface area contributed by atoms with Crippen LogP contribution in [0.15, 0.2) is 53.2 Å². The molecule has 0 bridgehead atoms. The van der Waals surface area contributed by atoms with Crippen molar-refractivity contribution >= 4 is 24.9 Å². The van der Waals surface area contributed by atoms with Crippen LogP contribution in [-0.4, -0.2) is 16.7 Å². The predicted octanol–water partition coefficient (Wildman–Crippen LogP) is 3.72. The first-order valence-electron chi connectivity index (χ1n) is 8.60. The smallest absolute Gasteiger partial charge is 0.269 e. The maximum Gasteiger partial charge on any atom is 0.269 e. The van der Waals surface area contributed by atoms with E-state index in [4.69, 9.17) is 21.4 Å². The van der Waals surface area contributed by atoms with Crippen molar-refractivity contribution in [2.45, 2.75) is 26.8 Å². The van der Waals surface area contributed by atoms with E-state index in [1.54, 1.807) is 19.5 Å². The first-order valence-corrected chi connectivity index (χ1v) is 9.01. The van der Waals surface area contributed by atoms with Crippen molar-refractivity contribution in [3.63, 3.8) is 0 Å². The SMILES string of the molecule is C=c1/c(=C\c2ccc(OC)cc2)oc(=S)n1CCc1ccncc1.CC. The van der Waals surface area contributed by atoms with Gasteiger partial charge in [-0.1, -0.05) is 32.6 Å². The topological polar surface area (TPSA) is 40.2 Å².